The Kier molecular flexibility index (Phi) is 8.11. The zero-order valence-electron chi connectivity index (χ0n) is 33.0. The van der Waals surface area contributed by atoms with Crippen LogP contribution < -0.4 is 0 Å². The smallest absolute Gasteiger partial charge is 0.138 e. The molecule has 0 saturated carbocycles. The first-order valence-electron chi connectivity index (χ1n) is 21.0. The number of imidazole rings is 2. The summed E-state index contributed by atoms with van der Waals surface area (Å²) in [6.07, 6.45) is 8.23. The summed E-state index contributed by atoms with van der Waals surface area (Å²) >= 11 is 0. The molecule has 2 heterocycles. The number of hydrogen-bond acceptors (Lipinski definition) is 2. The molecule has 4 nitrogen and oxygen atoms in total. The van der Waals surface area contributed by atoms with Crippen molar-refractivity contribution in [3.63, 3.8) is 0 Å². The summed E-state index contributed by atoms with van der Waals surface area (Å²) in [6, 6.07) is 58.9. The molecule has 0 radical (unpaired) electrons. The maximum atomic E-state index is 5.50. The van der Waals surface area contributed by atoms with Crippen molar-refractivity contribution in [3.8, 4) is 56.4 Å². The zero-order valence-corrected chi connectivity index (χ0v) is 33.0. The van der Waals surface area contributed by atoms with Crippen molar-refractivity contribution < 1.29 is 0 Å². The molecule has 0 aliphatic heterocycles. The third-order valence-electron chi connectivity index (χ3n) is 12.7. The highest BCUT2D eigenvalue weighted by Crippen LogP contribution is 2.43. The summed E-state index contributed by atoms with van der Waals surface area (Å²) in [5.41, 5.74) is 18.4. The second-order valence-corrected chi connectivity index (χ2v) is 16.3. The second-order valence-electron chi connectivity index (χ2n) is 16.3. The lowest BCUT2D eigenvalue weighted by atomic mass is 9.84. The molecule has 1 atom stereocenters. The molecule has 2 aromatic heterocycles. The van der Waals surface area contributed by atoms with Crippen LogP contribution in [0.25, 0.3) is 94.3 Å². The van der Waals surface area contributed by atoms with E-state index in [2.05, 4.69) is 192 Å². The zero-order chi connectivity index (χ0) is 39.6. The van der Waals surface area contributed by atoms with Crippen LogP contribution in [-0.4, -0.2) is 19.9 Å². The molecule has 5 aliphatic carbocycles. The highest BCUT2D eigenvalue weighted by Gasteiger charge is 2.26. The van der Waals surface area contributed by atoms with Gasteiger partial charge in [-0.3, -0.25) is 0 Å². The molecule has 15 rings (SSSR count). The van der Waals surface area contributed by atoms with Gasteiger partial charge in [0.25, 0.3) is 0 Å². The summed E-state index contributed by atoms with van der Waals surface area (Å²) in [6.45, 7) is 0. The van der Waals surface area contributed by atoms with Crippen LogP contribution in [-0.2, 0) is 12.8 Å². The number of rotatable bonds is 6. The standard InChI is InChI=1S/C56H40N4/c1-4-11-42(12-5-1)51-52(43-13-6-2-7-14-43)58-55(57-51)47-33-35-19-23-37(47)24-20-36-22-26-38(25-21-35)48(34-36)56-59-53(44-15-8-3-9-16-44)54(60-56)46-32-30-41-28-27-39-17-10-18-40-29-31-45(46)50(41)49(39)40/h1-19,23,26-34,38H,20-21,24-25H2,(H,57,58)(H,59,60). The molecule has 60 heavy (non-hydrogen) atoms. The predicted molar refractivity (Wildman–Crippen MR) is 248 cm³/mol. The van der Waals surface area contributed by atoms with Gasteiger partial charge in [-0.25, -0.2) is 9.97 Å². The fourth-order valence-corrected chi connectivity index (χ4v) is 9.65. The molecule has 1 unspecified atom stereocenters. The van der Waals surface area contributed by atoms with Crippen LogP contribution in [0.5, 0.6) is 0 Å². The van der Waals surface area contributed by atoms with Crippen LogP contribution in [0, 0.1) is 5.92 Å². The number of aromatic nitrogens is 4. The maximum absolute atomic E-state index is 5.50. The maximum Gasteiger partial charge on any atom is 0.138 e. The summed E-state index contributed by atoms with van der Waals surface area (Å²) in [4.78, 5) is 18.6. The van der Waals surface area contributed by atoms with Gasteiger partial charge in [-0.05, 0) is 92.9 Å². The third kappa shape index (κ3) is 5.84. The van der Waals surface area contributed by atoms with Crippen LogP contribution in [0.1, 0.15) is 29.8 Å². The number of allylic oxidation sites excluding steroid dienone is 3. The van der Waals surface area contributed by atoms with Crippen molar-refractivity contribution in [2.75, 3.05) is 0 Å². The van der Waals surface area contributed by atoms with Crippen LogP contribution in [0.2, 0.25) is 0 Å². The third-order valence-corrected chi connectivity index (χ3v) is 12.7. The fraction of sp³-hybridized carbons (Fsp3) is 0.0893. The molecule has 0 fully saturated rings. The number of H-pyrrole nitrogens is 2. The van der Waals surface area contributed by atoms with Crippen LogP contribution in [0.4, 0.5) is 0 Å². The minimum absolute atomic E-state index is 0.151. The highest BCUT2D eigenvalue weighted by atomic mass is 15.0. The van der Waals surface area contributed by atoms with E-state index in [0.717, 1.165) is 76.8 Å². The monoisotopic (exact) mass is 768 g/mol. The van der Waals surface area contributed by atoms with Gasteiger partial charge in [0.1, 0.15) is 11.6 Å². The Morgan fingerprint density at radius 1 is 0.500 bits per heavy atom. The van der Waals surface area contributed by atoms with E-state index in [1.807, 2.05) is 0 Å². The van der Waals surface area contributed by atoms with Crippen LogP contribution >= 0.6 is 0 Å². The summed E-state index contributed by atoms with van der Waals surface area (Å²) in [7, 11) is 0. The molecule has 10 aromatic rings. The fourth-order valence-electron chi connectivity index (χ4n) is 9.65. The first-order valence-corrected chi connectivity index (χ1v) is 21.0. The Morgan fingerprint density at radius 3 is 1.88 bits per heavy atom. The van der Waals surface area contributed by atoms with Gasteiger partial charge in [0.15, 0.2) is 0 Å². The lowest BCUT2D eigenvalue weighted by Crippen LogP contribution is -2.08. The molecule has 5 aliphatic rings. The van der Waals surface area contributed by atoms with Gasteiger partial charge >= 0.3 is 0 Å². The minimum atomic E-state index is 0.151. The minimum Gasteiger partial charge on any atom is -0.338 e. The number of aromatic amines is 2. The van der Waals surface area contributed by atoms with Gasteiger partial charge < -0.3 is 9.97 Å². The number of nitrogens with zero attached hydrogens (tertiary/aromatic N) is 2. The molecule has 2 N–H and O–H groups in total. The molecule has 4 bridgehead atoms. The van der Waals surface area contributed by atoms with Gasteiger partial charge in [-0.1, -0.05) is 158 Å². The van der Waals surface area contributed by atoms with E-state index in [0.29, 0.717) is 0 Å². The largest absolute Gasteiger partial charge is 0.338 e. The lowest BCUT2D eigenvalue weighted by molar-refractivity contribution is 0.713. The Labute approximate surface area is 348 Å². The second kappa shape index (κ2) is 14.1. The molecule has 8 aromatic carbocycles. The summed E-state index contributed by atoms with van der Waals surface area (Å²) < 4.78 is 0. The van der Waals surface area contributed by atoms with E-state index in [-0.39, 0.29) is 5.92 Å². The van der Waals surface area contributed by atoms with Crippen molar-refractivity contribution in [2.24, 2.45) is 5.92 Å². The number of nitrogens with one attached hydrogen (secondary N) is 2. The molecule has 0 saturated heterocycles. The number of benzene rings is 8. The van der Waals surface area contributed by atoms with Crippen molar-refractivity contribution in [1.82, 2.24) is 19.9 Å². The van der Waals surface area contributed by atoms with Crippen molar-refractivity contribution in [2.45, 2.75) is 25.7 Å². The van der Waals surface area contributed by atoms with E-state index < -0.39 is 0 Å². The van der Waals surface area contributed by atoms with Gasteiger partial charge in [0.05, 0.1) is 22.8 Å². The van der Waals surface area contributed by atoms with Crippen LogP contribution in [0.15, 0.2) is 187 Å². The SMILES string of the molecule is C1=CC2CCc3ccc(c(-c4nc(-c5ccccc5)c(-c5ccccc5)[nH]4)c3)CCC=1C=C2c1nc(-c2ccccc2)c(-c2ccc3ccc4cccc5ccc2c3c45)[nH]1. The van der Waals surface area contributed by atoms with E-state index >= 15 is 0 Å². The highest BCUT2D eigenvalue weighted by molar-refractivity contribution is 6.25. The van der Waals surface area contributed by atoms with Gasteiger partial charge in [-0.15, -0.1) is 5.73 Å². The van der Waals surface area contributed by atoms with E-state index in [4.69, 9.17) is 9.97 Å². The van der Waals surface area contributed by atoms with Gasteiger partial charge in [-0.2, -0.15) is 0 Å². The average Bonchev–Trinajstić information content (AvgIpc) is 3.96. The topological polar surface area (TPSA) is 57.4 Å². The van der Waals surface area contributed by atoms with Crippen LogP contribution in [0.3, 0.4) is 0 Å². The Balaban J connectivity index is 0.941. The molecule has 0 spiro atoms. The summed E-state index contributed by atoms with van der Waals surface area (Å²) in [5.74, 6) is 1.99. The Bertz CT molecular complexity index is 3270. The average molecular weight is 769 g/mol. The Hall–Kier alpha value is -7.52. The predicted octanol–water partition coefficient (Wildman–Crippen LogP) is 14.0. The van der Waals surface area contributed by atoms with Crippen molar-refractivity contribution in [3.05, 3.63) is 204 Å². The lowest BCUT2D eigenvalue weighted by Gasteiger charge is -2.21. The molecule has 284 valence electrons. The van der Waals surface area contributed by atoms with Crippen molar-refractivity contribution >= 4 is 37.9 Å². The van der Waals surface area contributed by atoms with Gasteiger partial charge in [0.2, 0.25) is 0 Å². The first-order chi connectivity index (χ1) is 29.7. The normalized spacial score (nSPS) is 15.1. The molecular formula is C56H40N4. The number of aryl methyl sites for hydroxylation is 2. The Morgan fingerprint density at radius 2 is 1.13 bits per heavy atom. The summed E-state index contributed by atoms with van der Waals surface area (Å²) in [5, 5.41) is 7.66. The molecular weight excluding hydrogens is 729 g/mol. The quantitative estimate of drug-likeness (QED) is 0.131. The molecule has 0 amide bonds. The first kappa shape index (κ1) is 34.5. The van der Waals surface area contributed by atoms with E-state index in [9.17, 15) is 0 Å². The van der Waals surface area contributed by atoms with Crippen molar-refractivity contribution in [1.29, 1.82) is 0 Å². The number of hydrogen-bond donors (Lipinski definition) is 2. The van der Waals surface area contributed by atoms with Gasteiger partial charge in [0, 0.05) is 39.3 Å². The van der Waals surface area contributed by atoms with E-state index in [1.165, 1.54) is 65.7 Å². The van der Waals surface area contributed by atoms with E-state index in [1.54, 1.807) is 0 Å². The molecule has 4 heteroatoms.